The van der Waals surface area contributed by atoms with Crippen molar-refractivity contribution in [2.75, 3.05) is 13.2 Å². The van der Waals surface area contributed by atoms with E-state index in [2.05, 4.69) is 9.97 Å². The van der Waals surface area contributed by atoms with Crippen LogP contribution in [0.2, 0.25) is 0 Å². The van der Waals surface area contributed by atoms with E-state index in [4.69, 9.17) is 4.74 Å². The van der Waals surface area contributed by atoms with Crippen LogP contribution < -0.4 is 5.56 Å². The first kappa shape index (κ1) is 20.2. The minimum atomic E-state index is -0.309. The molecule has 0 radical (unpaired) electrons. The quantitative estimate of drug-likeness (QED) is 0.650. The first-order valence-electron chi connectivity index (χ1n) is 10.2. The summed E-state index contributed by atoms with van der Waals surface area (Å²) in [5, 5.41) is 0.512. The number of aromatic nitrogens is 2. The largest absolute Gasteiger partial charge is 0.376 e. The molecule has 1 aliphatic rings. The number of aryl methyl sites for hydroxylation is 1. The molecule has 1 fully saturated rings. The lowest BCUT2D eigenvalue weighted by molar-refractivity contribution is -0.133. The number of halogens is 1. The molecule has 2 heterocycles. The summed E-state index contributed by atoms with van der Waals surface area (Å²) in [6.07, 6.45) is 2.31. The minimum absolute atomic E-state index is 0.0328. The van der Waals surface area contributed by atoms with Gasteiger partial charge in [-0.1, -0.05) is 30.3 Å². The number of carbonyl (C=O) groups is 1. The Bertz CT molecular complexity index is 1090. The van der Waals surface area contributed by atoms with E-state index in [1.807, 2.05) is 6.07 Å². The van der Waals surface area contributed by atoms with Crippen molar-refractivity contribution in [3.05, 3.63) is 76.1 Å². The van der Waals surface area contributed by atoms with E-state index in [0.717, 1.165) is 12.8 Å². The molecule has 7 heteroatoms. The molecule has 1 atom stereocenters. The Morgan fingerprint density at radius 2 is 2.00 bits per heavy atom. The maximum atomic E-state index is 13.9. The van der Waals surface area contributed by atoms with Gasteiger partial charge in [-0.3, -0.25) is 9.59 Å². The number of H-pyrrole nitrogens is 1. The van der Waals surface area contributed by atoms with Crippen molar-refractivity contribution >= 4 is 16.8 Å². The van der Waals surface area contributed by atoms with Gasteiger partial charge in [0.25, 0.3) is 5.56 Å². The lowest BCUT2D eigenvalue weighted by Gasteiger charge is -2.25. The number of hydrogen-bond acceptors (Lipinski definition) is 4. The lowest BCUT2D eigenvalue weighted by Crippen LogP contribution is -2.38. The number of benzene rings is 2. The number of amides is 1. The lowest BCUT2D eigenvalue weighted by atomic mass is 10.1. The Morgan fingerprint density at radius 1 is 1.20 bits per heavy atom. The third-order valence-corrected chi connectivity index (χ3v) is 5.37. The standard InChI is InChI=1S/C23H24FN3O3/c24-19-9-3-1-6-16(19)11-12-22(28)27(14-17-7-5-13-30-17)15-21-25-20-10-4-2-8-18(20)23(29)26-21/h1-4,6,8-10,17H,5,7,11-15H2,(H,25,26,29). The molecule has 1 unspecified atom stereocenters. The molecular weight excluding hydrogens is 385 g/mol. The normalized spacial score (nSPS) is 16.1. The average Bonchev–Trinajstić information content (AvgIpc) is 3.26. The highest BCUT2D eigenvalue weighted by Gasteiger charge is 2.23. The molecule has 0 bridgehead atoms. The summed E-state index contributed by atoms with van der Waals surface area (Å²) >= 11 is 0. The number of nitrogens with zero attached hydrogens (tertiary/aromatic N) is 2. The fourth-order valence-corrected chi connectivity index (χ4v) is 3.78. The fraction of sp³-hybridized carbons (Fsp3) is 0.348. The zero-order chi connectivity index (χ0) is 20.9. The van der Waals surface area contributed by atoms with Gasteiger partial charge in [0.15, 0.2) is 0 Å². The van der Waals surface area contributed by atoms with E-state index >= 15 is 0 Å². The Labute approximate surface area is 173 Å². The third-order valence-electron chi connectivity index (χ3n) is 5.37. The molecule has 1 N–H and O–H groups in total. The molecule has 6 nitrogen and oxygen atoms in total. The van der Waals surface area contributed by atoms with Gasteiger partial charge < -0.3 is 14.6 Å². The van der Waals surface area contributed by atoms with Crippen LogP contribution in [-0.4, -0.2) is 40.0 Å². The maximum absolute atomic E-state index is 13.9. The van der Waals surface area contributed by atoms with Crippen molar-refractivity contribution in [3.8, 4) is 0 Å². The number of hydrogen-bond donors (Lipinski definition) is 1. The number of carbonyl (C=O) groups excluding carboxylic acids is 1. The van der Waals surface area contributed by atoms with Crippen molar-refractivity contribution in [1.29, 1.82) is 0 Å². The molecule has 4 rings (SSSR count). The molecule has 156 valence electrons. The molecule has 2 aromatic carbocycles. The molecule has 1 amide bonds. The van der Waals surface area contributed by atoms with Gasteiger partial charge in [-0.25, -0.2) is 9.37 Å². The number of aromatic amines is 1. The topological polar surface area (TPSA) is 75.3 Å². The van der Waals surface area contributed by atoms with Crippen molar-refractivity contribution in [1.82, 2.24) is 14.9 Å². The van der Waals surface area contributed by atoms with Gasteiger partial charge in [0.2, 0.25) is 5.91 Å². The Balaban J connectivity index is 1.52. The first-order chi connectivity index (χ1) is 14.6. The third kappa shape index (κ3) is 4.74. The highest BCUT2D eigenvalue weighted by molar-refractivity contribution is 5.78. The molecule has 0 spiro atoms. The van der Waals surface area contributed by atoms with Crippen LogP contribution in [0.4, 0.5) is 4.39 Å². The van der Waals surface area contributed by atoms with E-state index in [-0.39, 0.29) is 36.4 Å². The van der Waals surface area contributed by atoms with Crippen LogP contribution in [0, 0.1) is 5.82 Å². The summed E-state index contributed by atoms with van der Waals surface area (Å²) in [6, 6.07) is 13.6. The van der Waals surface area contributed by atoms with Gasteiger partial charge >= 0.3 is 0 Å². The van der Waals surface area contributed by atoms with Crippen molar-refractivity contribution in [3.63, 3.8) is 0 Å². The predicted octanol–water partition coefficient (Wildman–Crippen LogP) is 3.20. The Morgan fingerprint density at radius 3 is 2.80 bits per heavy atom. The first-order valence-corrected chi connectivity index (χ1v) is 10.2. The van der Waals surface area contributed by atoms with E-state index in [9.17, 15) is 14.0 Å². The van der Waals surface area contributed by atoms with Crippen molar-refractivity contribution in [2.45, 2.75) is 38.3 Å². The summed E-state index contributed by atoms with van der Waals surface area (Å²) in [5.41, 5.74) is 0.874. The maximum Gasteiger partial charge on any atom is 0.258 e. The zero-order valence-electron chi connectivity index (χ0n) is 16.6. The van der Waals surface area contributed by atoms with Crippen LogP contribution in [-0.2, 0) is 22.5 Å². The predicted molar refractivity (Wildman–Crippen MR) is 111 cm³/mol. The summed E-state index contributed by atoms with van der Waals surface area (Å²) in [7, 11) is 0. The SMILES string of the molecule is O=C(CCc1ccccc1F)N(Cc1nc2ccccc2c(=O)[nH]1)CC1CCCO1. The second-order valence-electron chi connectivity index (χ2n) is 7.53. The van der Waals surface area contributed by atoms with Gasteiger partial charge in [-0.15, -0.1) is 0 Å². The van der Waals surface area contributed by atoms with Crippen LogP contribution in [0.15, 0.2) is 53.3 Å². The van der Waals surface area contributed by atoms with Gasteiger partial charge in [-0.05, 0) is 43.0 Å². The van der Waals surface area contributed by atoms with Crippen LogP contribution in [0.1, 0.15) is 30.7 Å². The molecule has 1 aliphatic heterocycles. The van der Waals surface area contributed by atoms with Gasteiger partial charge in [0.05, 0.1) is 23.6 Å². The molecule has 1 saturated heterocycles. The number of para-hydroxylation sites is 1. The van der Waals surface area contributed by atoms with Gasteiger partial charge in [0, 0.05) is 19.6 Å². The average molecular weight is 409 g/mol. The second-order valence-corrected chi connectivity index (χ2v) is 7.53. The molecule has 3 aromatic rings. The van der Waals surface area contributed by atoms with E-state index in [1.54, 1.807) is 41.3 Å². The molecule has 0 aliphatic carbocycles. The van der Waals surface area contributed by atoms with Crippen molar-refractivity contribution in [2.24, 2.45) is 0 Å². The monoisotopic (exact) mass is 409 g/mol. The van der Waals surface area contributed by atoms with Crippen LogP contribution in [0.3, 0.4) is 0 Å². The highest BCUT2D eigenvalue weighted by Crippen LogP contribution is 2.17. The smallest absolute Gasteiger partial charge is 0.258 e. The van der Waals surface area contributed by atoms with Crippen LogP contribution in [0.5, 0.6) is 0 Å². The molecule has 30 heavy (non-hydrogen) atoms. The van der Waals surface area contributed by atoms with E-state index in [1.165, 1.54) is 6.07 Å². The van der Waals surface area contributed by atoms with Crippen molar-refractivity contribution < 1.29 is 13.9 Å². The molecule has 0 saturated carbocycles. The Kier molecular flexibility index (Phi) is 6.18. The summed E-state index contributed by atoms with van der Waals surface area (Å²) in [6.45, 7) is 1.29. The Hall–Kier alpha value is -3.06. The van der Waals surface area contributed by atoms with Crippen LogP contribution in [0.25, 0.3) is 10.9 Å². The van der Waals surface area contributed by atoms with Gasteiger partial charge in [-0.2, -0.15) is 0 Å². The van der Waals surface area contributed by atoms with Gasteiger partial charge in [0.1, 0.15) is 11.6 Å². The summed E-state index contributed by atoms with van der Waals surface area (Å²) in [5.74, 6) is -0.00278. The summed E-state index contributed by atoms with van der Waals surface area (Å²) in [4.78, 5) is 34.3. The number of rotatable bonds is 7. The minimum Gasteiger partial charge on any atom is -0.376 e. The molecule has 1 aromatic heterocycles. The fourth-order valence-electron chi connectivity index (χ4n) is 3.78. The second kappa shape index (κ2) is 9.17. The number of fused-ring (bicyclic) bond motifs is 1. The van der Waals surface area contributed by atoms with E-state index < -0.39 is 0 Å². The van der Waals surface area contributed by atoms with E-state index in [0.29, 0.717) is 41.9 Å². The molecular formula is C23H24FN3O3. The van der Waals surface area contributed by atoms with Crippen LogP contribution >= 0.6 is 0 Å². The summed E-state index contributed by atoms with van der Waals surface area (Å²) < 4.78 is 19.6. The number of nitrogens with one attached hydrogen (secondary N) is 1. The highest BCUT2D eigenvalue weighted by atomic mass is 19.1. The number of ether oxygens (including phenoxy) is 1. The zero-order valence-corrected chi connectivity index (χ0v) is 16.6.